The number of alkyl halides is 3. The van der Waals surface area contributed by atoms with Gasteiger partial charge in [-0.2, -0.15) is 13.2 Å². The van der Waals surface area contributed by atoms with Crippen LogP contribution < -0.4 is 5.32 Å². The first-order chi connectivity index (χ1) is 8.77. The molecule has 0 spiro atoms. The molecule has 1 aromatic rings. The van der Waals surface area contributed by atoms with Crippen LogP contribution in [0.1, 0.15) is 23.7 Å². The molecule has 0 saturated carbocycles. The summed E-state index contributed by atoms with van der Waals surface area (Å²) < 4.78 is 38.4. The minimum atomic E-state index is -4.61. The van der Waals surface area contributed by atoms with Gasteiger partial charge in [-0.15, -0.1) is 0 Å². The smallest absolute Gasteiger partial charge is 0.390 e. The highest BCUT2D eigenvalue weighted by Crippen LogP contribution is 2.37. The Labute approximate surface area is 114 Å². The first-order valence-electron chi connectivity index (χ1n) is 5.64. The summed E-state index contributed by atoms with van der Waals surface area (Å²) in [6, 6.07) is 2.92. The molecule has 1 aromatic carbocycles. The lowest BCUT2D eigenvalue weighted by molar-refractivity contribution is -0.140. The van der Waals surface area contributed by atoms with Crippen molar-refractivity contribution in [2.24, 2.45) is 0 Å². The van der Waals surface area contributed by atoms with Gasteiger partial charge < -0.3 is 15.5 Å². The lowest BCUT2D eigenvalue weighted by Crippen LogP contribution is -2.25. The first-order valence-corrected chi connectivity index (χ1v) is 6.02. The van der Waals surface area contributed by atoms with Crippen molar-refractivity contribution in [1.82, 2.24) is 5.32 Å². The molecule has 1 rings (SSSR count). The zero-order valence-electron chi connectivity index (χ0n) is 10.2. The molecule has 19 heavy (non-hydrogen) atoms. The average Bonchev–Trinajstić information content (AvgIpc) is 2.33. The van der Waals surface area contributed by atoms with Crippen molar-refractivity contribution in [1.29, 1.82) is 0 Å². The summed E-state index contributed by atoms with van der Waals surface area (Å²) in [4.78, 5) is 0. The molecular formula is C12H15ClF3NO2. The zero-order valence-corrected chi connectivity index (χ0v) is 11.0. The molecule has 0 aliphatic carbocycles. The van der Waals surface area contributed by atoms with Gasteiger partial charge in [0.25, 0.3) is 0 Å². The van der Waals surface area contributed by atoms with Crippen LogP contribution in [0.3, 0.4) is 0 Å². The molecule has 0 saturated heterocycles. The van der Waals surface area contributed by atoms with Gasteiger partial charge in [0.2, 0.25) is 0 Å². The van der Waals surface area contributed by atoms with Crippen molar-refractivity contribution >= 4 is 11.6 Å². The van der Waals surface area contributed by atoms with E-state index in [2.05, 4.69) is 5.32 Å². The Morgan fingerprint density at radius 1 is 1.32 bits per heavy atom. The van der Waals surface area contributed by atoms with Crippen LogP contribution in [-0.4, -0.2) is 29.9 Å². The molecule has 7 heteroatoms. The minimum absolute atomic E-state index is 0.0721. The van der Waals surface area contributed by atoms with Crippen LogP contribution in [0.5, 0.6) is 0 Å². The fourth-order valence-corrected chi connectivity index (χ4v) is 1.87. The van der Waals surface area contributed by atoms with E-state index in [1.54, 1.807) is 7.05 Å². The number of halogens is 4. The highest BCUT2D eigenvalue weighted by molar-refractivity contribution is 6.30. The standard InChI is InChI=1S/C12H15ClF3NO2/c1-17-5-4-10(18)11(19)8-6-7(13)2-3-9(8)12(14,15)16/h2-3,6,10-11,17-19H,4-5H2,1H3. The molecule has 2 atom stereocenters. The largest absolute Gasteiger partial charge is 0.416 e. The number of hydrogen-bond acceptors (Lipinski definition) is 3. The van der Waals surface area contributed by atoms with Crippen LogP contribution in [0.2, 0.25) is 5.02 Å². The van der Waals surface area contributed by atoms with Crippen LogP contribution in [0, 0.1) is 0 Å². The molecule has 3 N–H and O–H groups in total. The van der Waals surface area contributed by atoms with Crippen molar-refractivity contribution in [3.63, 3.8) is 0 Å². The van der Waals surface area contributed by atoms with Gasteiger partial charge in [-0.3, -0.25) is 0 Å². The Kier molecular flexibility index (Phi) is 5.61. The van der Waals surface area contributed by atoms with Crippen molar-refractivity contribution in [2.45, 2.75) is 24.8 Å². The van der Waals surface area contributed by atoms with Crippen molar-refractivity contribution in [3.05, 3.63) is 34.3 Å². The number of hydrogen-bond donors (Lipinski definition) is 3. The van der Waals surface area contributed by atoms with Gasteiger partial charge in [0.15, 0.2) is 0 Å². The lowest BCUT2D eigenvalue weighted by atomic mass is 9.96. The quantitative estimate of drug-likeness (QED) is 0.782. The van der Waals surface area contributed by atoms with Crippen LogP contribution in [0.4, 0.5) is 13.2 Å². The van der Waals surface area contributed by atoms with E-state index in [-0.39, 0.29) is 11.4 Å². The van der Waals surface area contributed by atoms with E-state index in [0.29, 0.717) is 6.54 Å². The van der Waals surface area contributed by atoms with Gasteiger partial charge >= 0.3 is 6.18 Å². The van der Waals surface area contributed by atoms with Crippen LogP contribution >= 0.6 is 11.6 Å². The fourth-order valence-electron chi connectivity index (χ4n) is 1.69. The molecule has 108 valence electrons. The van der Waals surface area contributed by atoms with Gasteiger partial charge in [-0.05, 0) is 43.8 Å². The predicted octanol–water partition coefficient (Wildman–Crippen LogP) is 2.36. The van der Waals surface area contributed by atoms with Gasteiger partial charge in [0, 0.05) is 5.02 Å². The van der Waals surface area contributed by atoms with Gasteiger partial charge in [-0.25, -0.2) is 0 Å². The summed E-state index contributed by atoms with van der Waals surface area (Å²) in [5.41, 5.74) is -1.41. The predicted molar refractivity (Wildman–Crippen MR) is 66.0 cm³/mol. The lowest BCUT2D eigenvalue weighted by Gasteiger charge is -2.22. The SMILES string of the molecule is CNCCC(O)C(O)c1cc(Cl)ccc1C(F)(F)F. The van der Waals surface area contributed by atoms with Gasteiger partial charge in [-0.1, -0.05) is 11.6 Å². The van der Waals surface area contributed by atoms with E-state index < -0.39 is 29.5 Å². The second-order valence-electron chi connectivity index (χ2n) is 4.13. The molecule has 0 aliphatic rings. The van der Waals surface area contributed by atoms with Crippen molar-refractivity contribution in [3.8, 4) is 0 Å². The summed E-state index contributed by atoms with van der Waals surface area (Å²) in [6.07, 6.45) is -7.42. The van der Waals surface area contributed by atoms with Crippen LogP contribution in [-0.2, 0) is 6.18 Å². The van der Waals surface area contributed by atoms with E-state index in [9.17, 15) is 23.4 Å². The minimum Gasteiger partial charge on any atom is -0.390 e. The van der Waals surface area contributed by atoms with Crippen molar-refractivity contribution in [2.75, 3.05) is 13.6 Å². The summed E-state index contributed by atoms with van der Waals surface area (Å²) in [6.45, 7) is 0.375. The van der Waals surface area contributed by atoms with Crippen molar-refractivity contribution < 1.29 is 23.4 Å². The number of rotatable bonds is 5. The third-order valence-corrected chi connectivity index (χ3v) is 2.93. The molecule has 0 radical (unpaired) electrons. The maximum absolute atomic E-state index is 12.8. The molecule has 0 bridgehead atoms. The monoisotopic (exact) mass is 297 g/mol. The Morgan fingerprint density at radius 3 is 2.47 bits per heavy atom. The number of aliphatic hydroxyl groups excluding tert-OH is 2. The Hall–Kier alpha value is -0.820. The average molecular weight is 298 g/mol. The molecule has 0 heterocycles. The third kappa shape index (κ3) is 4.35. The summed E-state index contributed by atoms with van der Waals surface area (Å²) >= 11 is 5.65. The summed E-state index contributed by atoms with van der Waals surface area (Å²) in [5, 5.41) is 22.3. The maximum atomic E-state index is 12.8. The molecule has 2 unspecified atom stereocenters. The van der Waals surface area contributed by atoms with E-state index in [4.69, 9.17) is 11.6 Å². The van der Waals surface area contributed by atoms with E-state index >= 15 is 0 Å². The molecule has 0 amide bonds. The maximum Gasteiger partial charge on any atom is 0.416 e. The highest BCUT2D eigenvalue weighted by atomic mass is 35.5. The Morgan fingerprint density at radius 2 is 1.95 bits per heavy atom. The first kappa shape index (κ1) is 16.2. The van der Waals surface area contributed by atoms with E-state index in [0.717, 1.165) is 18.2 Å². The van der Waals surface area contributed by atoms with Crippen LogP contribution in [0.15, 0.2) is 18.2 Å². The van der Waals surface area contributed by atoms with E-state index in [1.807, 2.05) is 0 Å². The number of nitrogens with one attached hydrogen (secondary N) is 1. The number of aliphatic hydroxyl groups is 2. The second-order valence-corrected chi connectivity index (χ2v) is 4.57. The molecule has 0 aromatic heterocycles. The summed E-state index contributed by atoms with van der Waals surface area (Å²) in [7, 11) is 1.64. The number of benzene rings is 1. The third-order valence-electron chi connectivity index (χ3n) is 2.69. The molecule has 3 nitrogen and oxygen atoms in total. The van der Waals surface area contributed by atoms with Gasteiger partial charge in [0.05, 0.1) is 11.7 Å². The Bertz CT molecular complexity index is 426. The Balaban J connectivity index is 3.07. The molecular weight excluding hydrogens is 283 g/mol. The summed E-state index contributed by atoms with van der Waals surface area (Å²) in [5.74, 6) is 0. The highest BCUT2D eigenvalue weighted by Gasteiger charge is 2.36. The van der Waals surface area contributed by atoms with Gasteiger partial charge in [0.1, 0.15) is 6.10 Å². The second kappa shape index (κ2) is 6.56. The fraction of sp³-hybridized carbons (Fsp3) is 0.500. The van der Waals surface area contributed by atoms with Crippen LogP contribution in [0.25, 0.3) is 0 Å². The topological polar surface area (TPSA) is 52.5 Å². The zero-order chi connectivity index (χ0) is 14.6. The molecule has 0 aliphatic heterocycles. The molecule has 0 fully saturated rings. The normalized spacial score (nSPS) is 15.3. The van der Waals surface area contributed by atoms with E-state index in [1.165, 1.54) is 0 Å².